The summed E-state index contributed by atoms with van der Waals surface area (Å²) >= 11 is 0. The Morgan fingerprint density at radius 2 is 2.14 bits per heavy atom. The largest absolute Gasteiger partial charge is 0.475 e. The van der Waals surface area contributed by atoms with Crippen LogP contribution >= 0.6 is 0 Å². The standard InChI is InChI=1S/C10H14N2O2/c1-6(2)11-8-7(3)14-10(4,5)9(13)12-8/h1,3H2,2,4-5H3,(H,11,12,13). The van der Waals surface area contributed by atoms with E-state index in [0.717, 1.165) is 0 Å². The lowest BCUT2D eigenvalue weighted by Gasteiger charge is -2.31. The molecule has 4 nitrogen and oxygen atoms in total. The topological polar surface area (TPSA) is 50.7 Å². The Morgan fingerprint density at radius 1 is 1.57 bits per heavy atom. The van der Waals surface area contributed by atoms with Crippen LogP contribution in [0.4, 0.5) is 0 Å². The molecule has 0 bridgehead atoms. The first-order valence-corrected chi connectivity index (χ1v) is 4.27. The predicted octanol–water partition coefficient (Wildman–Crippen LogP) is 1.36. The average molecular weight is 194 g/mol. The number of rotatable bonds is 1. The number of amides is 1. The first kappa shape index (κ1) is 10.5. The van der Waals surface area contributed by atoms with Crippen LogP contribution in [0.1, 0.15) is 20.8 Å². The van der Waals surface area contributed by atoms with Crippen molar-refractivity contribution in [1.29, 1.82) is 0 Å². The number of morpholine rings is 1. The van der Waals surface area contributed by atoms with E-state index in [0.29, 0.717) is 17.3 Å². The van der Waals surface area contributed by atoms with Gasteiger partial charge in [0.1, 0.15) is 0 Å². The fraction of sp³-hybridized carbons (Fsp3) is 0.400. The Hall–Kier alpha value is -1.58. The summed E-state index contributed by atoms with van der Waals surface area (Å²) in [6.07, 6.45) is 0. The molecule has 1 fully saturated rings. The first-order chi connectivity index (χ1) is 6.33. The molecule has 0 atom stereocenters. The van der Waals surface area contributed by atoms with Gasteiger partial charge in [-0.25, -0.2) is 4.99 Å². The highest BCUT2D eigenvalue weighted by Gasteiger charge is 2.36. The normalized spacial score (nSPS) is 22.9. The van der Waals surface area contributed by atoms with Crippen molar-refractivity contribution in [3.05, 3.63) is 24.6 Å². The Labute approximate surface area is 83.4 Å². The summed E-state index contributed by atoms with van der Waals surface area (Å²) in [4.78, 5) is 15.5. The molecule has 1 saturated heterocycles. The lowest BCUT2D eigenvalue weighted by atomic mass is 10.1. The summed E-state index contributed by atoms with van der Waals surface area (Å²) < 4.78 is 5.32. The molecule has 14 heavy (non-hydrogen) atoms. The third-order valence-corrected chi connectivity index (χ3v) is 1.72. The number of nitrogens with one attached hydrogen (secondary N) is 1. The molecule has 1 rings (SSSR count). The maximum atomic E-state index is 11.5. The SMILES string of the molecule is C=C(C)N=C1NC(=O)C(C)(C)OC1=C. The number of amidine groups is 1. The molecular formula is C10H14N2O2. The number of ether oxygens (including phenoxy) is 1. The molecule has 0 aromatic carbocycles. The average Bonchev–Trinajstić information content (AvgIpc) is 1.98. The number of carbonyl (C=O) groups is 1. The summed E-state index contributed by atoms with van der Waals surface area (Å²) in [5.41, 5.74) is -0.296. The van der Waals surface area contributed by atoms with Crippen molar-refractivity contribution in [2.45, 2.75) is 26.4 Å². The summed E-state index contributed by atoms with van der Waals surface area (Å²) in [5, 5.41) is 2.61. The van der Waals surface area contributed by atoms with E-state index in [1.807, 2.05) is 0 Å². The van der Waals surface area contributed by atoms with Gasteiger partial charge in [0.15, 0.2) is 17.2 Å². The molecule has 76 valence electrons. The second kappa shape index (κ2) is 3.29. The third-order valence-electron chi connectivity index (χ3n) is 1.72. The summed E-state index contributed by atoms with van der Waals surface area (Å²) in [7, 11) is 0. The number of hydrogen-bond acceptors (Lipinski definition) is 3. The predicted molar refractivity (Wildman–Crippen MR) is 54.7 cm³/mol. The van der Waals surface area contributed by atoms with Crippen LogP contribution in [0.5, 0.6) is 0 Å². The van der Waals surface area contributed by atoms with E-state index in [2.05, 4.69) is 23.5 Å². The lowest BCUT2D eigenvalue weighted by molar-refractivity contribution is -0.138. The molecule has 0 unspecified atom stereocenters. The van der Waals surface area contributed by atoms with Crippen molar-refractivity contribution >= 4 is 11.7 Å². The maximum absolute atomic E-state index is 11.5. The lowest BCUT2D eigenvalue weighted by Crippen LogP contribution is -2.52. The molecule has 0 radical (unpaired) electrons. The van der Waals surface area contributed by atoms with Gasteiger partial charge in [-0.3, -0.25) is 4.79 Å². The number of aliphatic imine (C=N–C) groups is 1. The summed E-state index contributed by atoms with van der Waals surface area (Å²) in [6.45, 7) is 12.4. The van der Waals surface area contributed by atoms with Crippen molar-refractivity contribution in [2.75, 3.05) is 0 Å². The number of allylic oxidation sites excluding steroid dienone is 1. The second-order valence-electron chi connectivity index (χ2n) is 3.69. The van der Waals surface area contributed by atoms with Crippen LogP contribution in [0, 0.1) is 0 Å². The molecule has 0 aromatic heterocycles. The fourth-order valence-electron chi connectivity index (χ4n) is 1.01. The van der Waals surface area contributed by atoms with E-state index in [1.165, 1.54) is 0 Å². The highest BCUT2D eigenvalue weighted by molar-refractivity contribution is 6.11. The fourth-order valence-corrected chi connectivity index (χ4v) is 1.01. The highest BCUT2D eigenvalue weighted by atomic mass is 16.5. The molecule has 0 spiro atoms. The molecule has 1 amide bonds. The Bertz CT molecular complexity index is 340. The van der Waals surface area contributed by atoms with Crippen LogP contribution in [0.25, 0.3) is 0 Å². The minimum atomic E-state index is -0.884. The number of carbonyl (C=O) groups excluding carboxylic acids is 1. The first-order valence-electron chi connectivity index (χ1n) is 4.27. The molecular weight excluding hydrogens is 180 g/mol. The molecule has 1 heterocycles. The van der Waals surface area contributed by atoms with Crippen LogP contribution in [-0.4, -0.2) is 17.3 Å². The highest BCUT2D eigenvalue weighted by Crippen LogP contribution is 2.19. The molecule has 1 N–H and O–H groups in total. The van der Waals surface area contributed by atoms with Gasteiger partial charge in [-0.15, -0.1) is 0 Å². The molecule has 0 saturated carbocycles. The van der Waals surface area contributed by atoms with E-state index >= 15 is 0 Å². The van der Waals surface area contributed by atoms with Gasteiger partial charge in [0, 0.05) is 5.70 Å². The van der Waals surface area contributed by atoms with E-state index in [-0.39, 0.29) is 5.91 Å². The van der Waals surface area contributed by atoms with E-state index in [4.69, 9.17) is 4.74 Å². The molecule has 0 aliphatic carbocycles. The maximum Gasteiger partial charge on any atom is 0.269 e. The second-order valence-corrected chi connectivity index (χ2v) is 3.69. The molecule has 4 heteroatoms. The number of nitrogens with zero attached hydrogens (tertiary/aromatic N) is 1. The smallest absolute Gasteiger partial charge is 0.269 e. The molecule has 0 aromatic rings. The van der Waals surface area contributed by atoms with Crippen LogP contribution < -0.4 is 5.32 Å². The monoisotopic (exact) mass is 194 g/mol. The Balaban J connectivity index is 2.93. The number of hydrogen-bond donors (Lipinski definition) is 1. The van der Waals surface area contributed by atoms with Crippen LogP contribution in [0.3, 0.4) is 0 Å². The van der Waals surface area contributed by atoms with E-state index in [9.17, 15) is 4.79 Å². The van der Waals surface area contributed by atoms with Gasteiger partial charge in [0.05, 0.1) is 0 Å². The molecule has 1 aliphatic heterocycles. The Morgan fingerprint density at radius 3 is 2.64 bits per heavy atom. The zero-order chi connectivity index (χ0) is 10.9. The van der Waals surface area contributed by atoms with Crippen molar-refractivity contribution in [2.24, 2.45) is 4.99 Å². The van der Waals surface area contributed by atoms with Crippen molar-refractivity contribution in [3.8, 4) is 0 Å². The van der Waals surface area contributed by atoms with E-state index in [1.54, 1.807) is 20.8 Å². The van der Waals surface area contributed by atoms with Crippen molar-refractivity contribution in [1.82, 2.24) is 5.32 Å². The van der Waals surface area contributed by atoms with E-state index < -0.39 is 5.60 Å². The van der Waals surface area contributed by atoms with Crippen molar-refractivity contribution in [3.63, 3.8) is 0 Å². The Kier molecular flexibility index (Phi) is 2.47. The minimum Gasteiger partial charge on any atom is -0.475 e. The minimum absolute atomic E-state index is 0.232. The van der Waals surface area contributed by atoms with Crippen LogP contribution in [0.15, 0.2) is 29.6 Å². The zero-order valence-electron chi connectivity index (χ0n) is 8.68. The quantitative estimate of drug-likeness (QED) is 0.685. The van der Waals surface area contributed by atoms with Gasteiger partial charge in [-0.2, -0.15) is 0 Å². The summed E-state index contributed by atoms with van der Waals surface area (Å²) in [6, 6.07) is 0. The van der Waals surface area contributed by atoms with Gasteiger partial charge in [-0.1, -0.05) is 13.2 Å². The van der Waals surface area contributed by atoms with Crippen LogP contribution in [0.2, 0.25) is 0 Å². The molecule has 1 aliphatic rings. The van der Waals surface area contributed by atoms with Gasteiger partial charge >= 0.3 is 0 Å². The summed E-state index contributed by atoms with van der Waals surface area (Å²) in [5.74, 6) is 0.462. The van der Waals surface area contributed by atoms with Gasteiger partial charge in [0.2, 0.25) is 0 Å². The van der Waals surface area contributed by atoms with Crippen LogP contribution in [-0.2, 0) is 9.53 Å². The van der Waals surface area contributed by atoms with Crippen molar-refractivity contribution < 1.29 is 9.53 Å². The van der Waals surface area contributed by atoms with Gasteiger partial charge in [0.25, 0.3) is 5.91 Å². The van der Waals surface area contributed by atoms with Gasteiger partial charge < -0.3 is 10.1 Å². The zero-order valence-corrected chi connectivity index (χ0v) is 8.68. The van der Waals surface area contributed by atoms with Gasteiger partial charge in [-0.05, 0) is 20.8 Å². The third kappa shape index (κ3) is 2.02.